The van der Waals surface area contributed by atoms with Crippen LogP contribution in [0.1, 0.15) is 33.6 Å². The molecule has 3 heteroatoms. The molecule has 0 atom stereocenters. The van der Waals surface area contributed by atoms with Crippen LogP contribution < -0.4 is 0 Å². The van der Waals surface area contributed by atoms with Gasteiger partial charge < -0.3 is 9.47 Å². The normalized spacial score (nSPS) is 28.5. The smallest absolute Gasteiger partial charge is 0.173 e. The lowest BCUT2D eigenvalue weighted by Crippen LogP contribution is -2.41. The molecule has 0 radical (unpaired) electrons. The third-order valence-corrected chi connectivity index (χ3v) is 3.37. The summed E-state index contributed by atoms with van der Waals surface area (Å²) in [5.41, 5.74) is 1.87. The van der Waals surface area contributed by atoms with Crippen LogP contribution in [0.25, 0.3) is 0 Å². The van der Waals surface area contributed by atoms with Crippen molar-refractivity contribution in [1.82, 2.24) is 0 Å². The van der Waals surface area contributed by atoms with E-state index in [1.54, 1.807) is 0 Å². The van der Waals surface area contributed by atoms with E-state index in [1.165, 1.54) is 0 Å². The van der Waals surface area contributed by atoms with Gasteiger partial charge in [0.25, 0.3) is 0 Å². The molecule has 1 heterocycles. The number of aldehydes is 1. The van der Waals surface area contributed by atoms with Gasteiger partial charge in [0.2, 0.25) is 0 Å². The lowest BCUT2D eigenvalue weighted by atomic mass is 9.70. The average molecular weight is 210 g/mol. The van der Waals surface area contributed by atoms with Gasteiger partial charge in [0.1, 0.15) is 6.29 Å². The Morgan fingerprint density at radius 3 is 2.33 bits per heavy atom. The van der Waals surface area contributed by atoms with E-state index in [-0.39, 0.29) is 5.41 Å². The van der Waals surface area contributed by atoms with Crippen LogP contribution >= 0.6 is 0 Å². The van der Waals surface area contributed by atoms with Gasteiger partial charge in [-0.3, -0.25) is 4.79 Å². The first-order chi connectivity index (χ1) is 6.99. The van der Waals surface area contributed by atoms with E-state index in [0.29, 0.717) is 13.2 Å². The van der Waals surface area contributed by atoms with Crippen LogP contribution in [-0.2, 0) is 14.3 Å². The number of carbonyl (C=O) groups is 1. The molecule has 1 fully saturated rings. The summed E-state index contributed by atoms with van der Waals surface area (Å²) in [6, 6.07) is 0. The highest BCUT2D eigenvalue weighted by Gasteiger charge is 2.47. The SMILES string of the molecule is CC1=C(C=O)C(C)(C)CC2(C1)OCCO2. The van der Waals surface area contributed by atoms with Crippen LogP contribution in [0.15, 0.2) is 11.1 Å². The molecule has 2 aliphatic rings. The zero-order chi connectivity index (χ0) is 11.1. The predicted octanol–water partition coefficient (Wildman–Crippen LogP) is 2.06. The van der Waals surface area contributed by atoms with Gasteiger partial charge in [-0.25, -0.2) is 0 Å². The van der Waals surface area contributed by atoms with Crippen LogP contribution in [0, 0.1) is 5.41 Å². The van der Waals surface area contributed by atoms with Crippen molar-refractivity contribution >= 4 is 6.29 Å². The standard InChI is InChI=1S/C12H18O3/c1-9-6-12(14-4-5-15-12)8-11(2,3)10(9)7-13/h7H,4-6,8H2,1-3H3. The second-order valence-corrected chi connectivity index (χ2v) is 5.16. The molecule has 1 spiro atoms. The Labute approximate surface area is 90.4 Å². The van der Waals surface area contributed by atoms with E-state index >= 15 is 0 Å². The van der Waals surface area contributed by atoms with Crippen molar-refractivity contribution in [2.45, 2.75) is 39.4 Å². The number of carbonyl (C=O) groups excluding carboxylic acids is 1. The first-order valence-electron chi connectivity index (χ1n) is 5.42. The van der Waals surface area contributed by atoms with Crippen molar-refractivity contribution in [2.24, 2.45) is 5.41 Å². The van der Waals surface area contributed by atoms with E-state index < -0.39 is 5.79 Å². The molecule has 84 valence electrons. The molecule has 1 saturated heterocycles. The lowest BCUT2D eigenvalue weighted by Gasteiger charge is -2.41. The molecule has 0 aromatic rings. The first kappa shape index (κ1) is 10.8. The largest absolute Gasteiger partial charge is 0.347 e. The van der Waals surface area contributed by atoms with Crippen LogP contribution in [0.3, 0.4) is 0 Å². The molecule has 0 amide bonds. The van der Waals surface area contributed by atoms with Gasteiger partial charge in [-0.15, -0.1) is 0 Å². The Hall–Kier alpha value is -0.670. The summed E-state index contributed by atoms with van der Waals surface area (Å²) in [5.74, 6) is -0.458. The van der Waals surface area contributed by atoms with Gasteiger partial charge in [-0.1, -0.05) is 19.4 Å². The molecular weight excluding hydrogens is 192 g/mol. The zero-order valence-corrected chi connectivity index (χ0v) is 9.63. The summed E-state index contributed by atoms with van der Waals surface area (Å²) in [4.78, 5) is 11.0. The van der Waals surface area contributed by atoms with Gasteiger partial charge in [-0.05, 0) is 17.9 Å². The van der Waals surface area contributed by atoms with Crippen LogP contribution in [0.5, 0.6) is 0 Å². The Morgan fingerprint density at radius 1 is 1.27 bits per heavy atom. The summed E-state index contributed by atoms with van der Waals surface area (Å²) in [6.07, 6.45) is 2.48. The van der Waals surface area contributed by atoms with Crippen molar-refractivity contribution in [3.05, 3.63) is 11.1 Å². The van der Waals surface area contributed by atoms with E-state index in [9.17, 15) is 4.79 Å². The van der Waals surface area contributed by atoms with E-state index in [0.717, 1.165) is 30.3 Å². The maximum atomic E-state index is 11.0. The van der Waals surface area contributed by atoms with Crippen LogP contribution in [0.2, 0.25) is 0 Å². The fourth-order valence-corrected chi connectivity index (χ4v) is 2.87. The molecule has 0 N–H and O–H groups in total. The lowest BCUT2D eigenvalue weighted by molar-refractivity contribution is -0.178. The Bertz CT molecular complexity index is 309. The van der Waals surface area contributed by atoms with Gasteiger partial charge in [0.05, 0.1) is 13.2 Å². The predicted molar refractivity (Wildman–Crippen MR) is 56.4 cm³/mol. The molecule has 1 aliphatic carbocycles. The van der Waals surface area contributed by atoms with Crippen LogP contribution in [0.4, 0.5) is 0 Å². The maximum Gasteiger partial charge on any atom is 0.173 e. The van der Waals surface area contributed by atoms with Gasteiger partial charge in [-0.2, -0.15) is 0 Å². The Balaban J connectivity index is 2.35. The highest BCUT2D eigenvalue weighted by molar-refractivity contribution is 5.77. The Kier molecular flexibility index (Phi) is 2.47. The van der Waals surface area contributed by atoms with Crippen molar-refractivity contribution in [3.63, 3.8) is 0 Å². The Morgan fingerprint density at radius 2 is 1.87 bits per heavy atom. The van der Waals surface area contributed by atoms with Gasteiger partial charge >= 0.3 is 0 Å². The molecule has 1 aliphatic heterocycles. The number of rotatable bonds is 1. The number of ether oxygens (including phenoxy) is 2. The average Bonchev–Trinajstić information content (AvgIpc) is 2.50. The highest BCUT2D eigenvalue weighted by Crippen LogP contribution is 2.47. The summed E-state index contributed by atoms with van der Waals surface area (Å²) in [7, 11) is 0. The van der Waals surface area contributed by atoms with Crippen LogP contribution in [-0.4, -0.2) is 25.3 Å². The molecule has 2 rings (SSSR count). The van der Waals surface area contributed by atoms with E-state index in [1.807, 2.05) is 6.92 Å². The molecule has 0 aromatic carbocycles. The monoisotopic (exact) mass is 210 g/mol. The summed E-state index contributed by atoms with van der Waals surface area (Å²) < 4.78 is 11.4. The van der Waals surface area contributed by atoms with Crippen molar-refractivity contribution in [3.8, 4) is 0 Å². The minimum absolute atomic E-state index is 0.144. The molecule has 0 unspecified atom stereocenters. The van der Waals surface area contributed by atoms with E-state index in [2.05, 4.69) is 13.8 Å². The fraction of sp³-hybridized carbons (Fsp3) is 0.750. The first-order valence-corrected chi connectivity index (χ1v) is 5.42. The molecule has 3 nitrogen and oxygen atoms in total. The molecule has 0 bridgehead atoms. The van der Waals surface area contributed by atoms with Crippen molar-refractivity contribution in [2.75, 3.05) is 13.2 Å². The number of allylic oxidation sites excluding steroid dienone is 1. The van der Waals surface area contributed by atoms with Crippen molar-refractivity contribution < 1.29 is 14.3 Å². The maximum absolute atomic E-state index is 11.0. The van der Waals surface area contributed by atoms with Gasteiger partial charge in [0.15, 0.2) is 5.79 Å². The summed E-state index contributed by atoms with van der Waals surface area (Å²) >= 11 is 0. The molecular formula is C12H18O3. The minimum Gasteiger partial charge on any atom is -0.347 e. The zero-order valence-electron chi connectivity index (χ0n) is 9.63. The van der Waals surface area contributed by atoms with E-state index in [4.69, 9.17) is 9.47 Å². The molecule has 0 aromatic heterocycles. The highest BCUT2D eigenvalue weighted by atomic mass is 16.7. The minimum atomic E-state index is -0.458. The third kappa shape index (κ3) is 1.74. The molecule has 15 heavy (non-hydrogen) atoms. The molecule has 0 saturated carbocycles. The quantitative estimate of drug-likeness (QED) is 0.621. The second kappa shape index (κ2) is 3.42. The van der Waals surface area contributed by atoms with Crippen molar-refractivity contribution in [1.29, 1.82) is 0 Å². The topological polar surface area (TPSA) is 35.5 Å². The number of hydrogen-bond donors (Lipinski definition) is 0. The van der Waals surface area contributed by atoms with Gasteiger partial charge in [0, 0.05) is 12.8 Å². The fourth-order valence-electron chi connectivity index (χ4n) is 2.87. The third-order valence-electron chi connectivity index (χ3n) is 3.37. The second-order valence-electron chi connectivity index (χ2n) is 5.16. The number of hydrogen-bond acceptors (Lipinski definition) is 3. The summed E-state index contributed by atoms with van der Waals surface area (Å²) in [6.45, 7) is 7.48. The summed E-state index contributed by atoms with van der Waals surface area (Å²) in [5, 5.41) is 0.